The highest BCUT2D eigenvalue weighted by Crippen LogP contribution is 1.98. The quantitative estimate of drug-likeness (QED) is 0.711. The van der Waals surface area contributed by atoms with Crippen LogP contribution in [-0.2, 0) is 11.3 Å². The van der Waals surface area contributed by atoms with Gasteiger partial charge in [0.15, 0.2) is 0 Å². The van der Waals surface area contributed by atoms with Gasteiger partial charge in [-0.25, -0.2) is 4.98 Å². The van der Waals surface area contributed by atoms with E-state index < -0.39 is 0 Å². The van der Waals surface area contributed by atoms with E-state index in [1.165, 1.54) is 6.33 Å². The average molecular weight is 182 g/mol. The van der Waals surface area contributed by atoms with Crippen molar-refractivity contribution in [3.8, 4) is 0 Å². The molecule has 2 N–H and O–H groups in total. The van der Waals surface area contributed by atoms with Crippen LogP contribution < -0.4 is 5.32 Å². The highest BCUT2D eigenvalue weighted by molar-refractivity contribution is 5.75. The second kappa shape index (κ2) is 4.59. The Morgan fingerprint density at radius 1 is 1.69 bits per heavy atom. The van der Waals surface area contributed by atoms with E-state index in [0.29, 0.717) is 24.7 Å². The van der Waals surface area contributed by atoms with Crippen molar-refractivity contribution in [1.82, 2.24) is 20.5 Å². The van der Waals surface area contributed by atoms with Crippen molar-refractivity contribution in [3.05, 3.63) is 12.2 Å². The molecule has 0 fully saturated rings. The van der Waals surface area contributed by atoms with Gasteiger partial charge in [-0.1, -0.05) is 13.8 Å². The molecular formula is C8H14N4O. The lowest BCUT2D eigenvalue weighted by Crippen LogP contribution is -2.24. The first-order chi connectivity index (χ1) is 6.18. The molecule has 0 aliphatic heterocycles. The predicted octanol–water partition coefficient (Wildman–Crippen LogP) is 0.467. The summed E-state index contributed by atoms with van der Waals surface area (Å²) in [5.41, 5.74) is 0. The summed E-state index contributed by atoms with van der Waals surface area (Å²) in [6.07, 6.45) is 1.97. The van der Waals surface area contributed by atoms with Crippen molar-refractivity contribution in [3.63, 3.8) is 0 Å². The highest BCUT2D eigenvalue weighted by Gasteiger charge is 2.04. The average Bonchev–Trinajstić information content (AvgIpc) is 2.51. The minimum atomic E-state index is 0.0476. The number of hydrogen-bond acceptors (Lipinski definition) is 3. The Morgan fingerprint density at radius 2 is 2.46 bits per heavy atom. The molecule has 0 aliphatic carbocycles. The normalized spacial score (nSPS) is 10.4. The Balaban J connectivity index is 2.23. The molecule has 0 spiro atoms. The number of carbonyl (C=O) groups is 1. The van der Waals surface area contributed by atoms with E-state index in [-0.39, 0.29) is 5.91 Å². The zero-order valence-corrected chi connectivity index (χ0v) is 7.87. The molecular weight excluding hydrogens is 168 g/mol. The van der Waals surface area contributed by atoms with Crippen molar-refractivity contribution >= 4 is 5.91 Å². The SMILES string of the molecule is CC(C)CC(=O)NCc1ncn[nH]1. The molecule has 1 aromatic rings. The number of carbonyl (C=O) groups excluding carboxylic acids is 1. The van der Waals surface area contributed by atoms with E-state index in [1.54, 1.807) is 0 Å². The lowest BCUT2D eigenvalue weighted by atomic mass is 10.1. The summed E-state index contributed by atoms with van der Waals surface area (Å²) in [7, 11) is 0. The molecule has 0 aromatic carbocycles. The maximum Gasteiger partial charge on any atom is 0.220 e. The summed E-state index contributed by atoms with van der Waals surface area (Å²) in [6, 6.07) is 0. The molecule has 72 valence electrons. The topological polar surface area (TPSA) is 70.7 Å². The van der Waals surface area contributed by atoms with Crippen LogP contribution in [0.5, 0.6) is 0 Å². The molecule has 1 heterocycles. The van der Waals surface area contributed by atoms with Gasteiger partial charge in [0.25, 0.3) is 0 Å². The van der Waals surface area contributed by atoms with Crippen LogP contribution in [0.15, 0.2) is 6.33 Å². The minimum absolute atomic E-state index is 0.0476. The number of nitrogens with zero attached hydrogens (tertiary/aromatic N) is 2. The molecule has 0 bridgehead atoms. The van der Waals surface area contributed by atoms with Gasteiger partial charge in [0.2, 0.25) is 5.91 Å². The van der Waals surface area contributed by atoms with E-state index in [9.17, 15) is 4.79 Å². The Bertz CT molecular complexity index is 255. The third-order valence-corrected chi connectivity index (χ3v) is 1.51. The molecule has 0 atom stereocenters. The molecule has 5 heteroatoms. The fourth-order valence-electron chi connectivity index (χ4n) is 0.941. The molecule has 0 saturated heterocycles. The maximum atomic E-state index is 11.2. The third kappa shape index (κ3) is 3.68. The summed E-state index contributed by atoms with van der Waals surface area (Å²) < 4.78 is 0. The summed E-state index contributed by atoms with van der Waals surface area (Å²) in [6.45, 7) is 4.44. The molecule has 1 aromatic heterocycles. The zero-order valence-electron chi connectivity index (χ0n) is 7.87. The summed E-state index contributed by atoms with van der Waals surface area (Å²) in [4.78, 5) is 15.1. The Hall–Kier alpha value is -1.39. The Morgan fingerprint density at radius 3 is 3.00 bits per heavy atom. The van der Waals surface area contributed by atoms with Crippen LogP contribution in [-0.4, -0.2) is 21.1 Å². The van der Waals surface area contributed by atoms with Gasteiger partial charge >= 0.3 is 0 Å². The first-order valence-corrected chi connectivity index (χ1v) is 4.29. The van der Waals surface area contributed by atoms with Gasteiger partial charge in [-0.15, -0.1) is 0 Å². The predicted molar refractivity (Wildman–Crippen MR) is 47.7 cm³/mol. The number of hydrogen-bond donors (Lipinski definition) is 2. The van der Waals surface area contributed by atoms with Crippen LogP contribution in [0.2, 0.25) is 0 Å². The molecule has 5 nitrogen and oxygen atoms in total. The molecule has 1 amide bonds. The lowest BCUT2D eigenvalue weighted by molar-refractivity contribution is -0.121. The van der Waals surface area contributed by atoms with E-state index in [4.69, 9.17) is 0 Å². The minimum Gasteiger partial charge on any atom is -0.349 e. The van der Waals surface area contributed by atoms with Crippen LogP contribution in [0.25, 0.3) is 0 Å². The van der Waals surface area contributed by atoms with Crippen molar-refractivity contribution in [2.45, 2.75) is 26.8 Å². The van der Waals surface area contributed by atoms with E-state index in [2.05, 4.69) is 20.5 Å². The summed E-state index contributed by atoms with van der Waals surface area (Å²) in [5, 5.41) is 9.09. The van der Waals surface area contributed by atoms with Crippen LogP contribution >= 0.6 is 0 Å². The van der Waals surface area contributed by atoms with E-state index >= 15 is 0 Å². The Kier molecular flexibility index (Phi) is 3.42. The number of aromatic amines is 1. The molecule has 0 aliphatic rings. The second-order valence-corrected chi connectivity index (χ2v) is 3.31. The second-order valence-electron chi connectivity index (χ2n) is 3.31. The van der Waals surface area contributed by atoms with Crippen molar-refractivity contribution in [2.75, 3.05) is 0 Å². The molecule has 0 saturated carbocycles. The smallest absolute Gasteiger partial charge is 0.220 e. The number of amides is 1. The van der Waals surface area contributed by atoms with Gasteiger partial charge in [0.05, 0.1) is 6.54 Å². The standard InChI is InChI=1S/C8H14N4O/c1-6(2)3-8(13)9-4-7-10-5-11-12-7/h5-6H,3-4H2,1-2H3,(H,9,13)(H,10,11,12). The molecule has 0 unspecified atom stereocenters. The number of aromatic nitrogens is 3. The monoisotopic (exact) mass is 182 g/mol. The van der Waals surface area contributed by atoms with Gasteiger partial charge in [-0.2, -0.15) is 5.10 Å². The largest absolute Gasteiger partial charge is 0.349 e. The van der Waals surface area contributed by atoms with E-state index in [0.717, 1.165) is 0 Å². The molecule has 1 rings (SSSR count). The van der Waals surface area contributed by atoms with E-state index in [1.807, 2.05) is 13.8 Å². The van der Waals surface area contributed by atoms with Crippen LogP contribution in [0, 0.1) is 5.92 Å². The van der Waals surface area contributed by atoms with Crippen molar-refractivity contribution < 1.29 is 4.79 Å². The number of nitrogens with one attached hydrogen (secondary N) is 2. The summed E-state index contributed by atoms with van der Waals surface area (Å²) in [5.74, 6) is 1.11. The van der Waals surface area contributed by atoms with Gasteiger partial charge < -0.3 is 5.32 Å². The van der Waals surface area contributed by atoms with Crippen molar-refractivity contribution in [2.24, 2.45) is 5.92 Å². The van der Waals surface area contributed by atoms with Gasteiger partial charge in [-0.05, 0) is 5.92 Å². The van der Waals surface area contributed by atoms with Crippen molar-refractivity contribution in [1.29, 1.82) is 0 Å². The first kappa shape index (κ1) is 9.70. The maximum absolute atomic E-state index is 11.2. The molecule has 0 radical (unpaired) electrons. The van der Waals surface area contributed by atoms with Crippen LogP contribution in [0.3, 0.4) is 0 Å². The first-order valence-electron chi connectivity index (χ1n) is 4.29. The fourth-order valence-corrected chi connectivity index (χ4v) is 0.941. The van der Waals surface area contributed by atoms with Gasteiger partial charge in [0, 0.05) is 6.42 Å². The highest BCUT2D eigenvalue weighted by atomic mass is 16.1. The summed E-state index contributed by atoms with van der Waals surface area (Å²) >= 11 is 0. The molecule has 13 heavy (non-hydrogen) atoms. The van der Waals surface area contributed by atoms with Gasteiger partial charge in [-0.3, -0.25) is 9.89 Å². The lowest BCUT2D eigenvalue weighted by Gasteiger charge is -2.04. The zero-order chi connectivity index (χ0) is 9.68. The number of rotatable bonds is 4. The van der Waals surface area contributed by atoms with Crippen LogP contribution in [0.1, 0.15) is 26.1 Å². The van der Waals surface area contributed by atoms with Gasteiger partial charge in [0.1, 0.15) is 12.2 Å². The Labute approximate surface area is 76.9 Å². The van der Waals surface area contributed by atoms with Crippen LogP contribution in [0.4, 0.5) is 0 Å². The third-order valence-electron chi connectivity index (χ3n) is 1.51. The fraction of sp³-hybridized carbons (Fsp3) is 0.625. The number of H-pyrrole nitrogens is 1.